The number of nitrogens with two attached hydrogens (primary N) is 1. The maximum Gasteiger partial charge on any atom is 0.251 e. The van der Waals surface area contributed by atoms with Gasteiger partial charge in [0.2, 0.25) is 11.8 Å². The third-order valence-corrected chi connectivity index (χ3v) is 4.46. The lowest BCUT2D eigenvalue weighted by Crippen LogP contribution is -2.29. The summed E-state index contributed by atoms with van der Waals surface area (Å²) in [5.41, 5.74) is 9.28. The summed E-state index contributed by atoms with van der Waals surface area (Å²) in [6.07, 6.45) is 1.68. The van der Waals surface area contributed by atoms with Crippen molar-refractivity contribution in [3.05, 3.63) is 72.2 Å². The number of hydrogen-bond acceptors (Lipinski definition) is 7. The molecule has 0 saturated heterocycles. The highest BCUT2D eigenvalue weighted by Crippen LogP contribution is 2.31. The first-order valence-electron chi connectivity index (χ1n) is 9.43. The minimum absolute atomic E-state index is 0.0458. The largest absolute Gasteiger partial charge is 0.416 e. The van der Waals surface area contributed by atoms with E-state index in [-0.39, 0.29) is 12.5 Å². The van der Waals surface area contributed by atoms with E-state index in [9.17, 15) is 4.79 Å². The van der Waals surface area contributed by atoms with Gasteiger partial charge in [0.25, 0.3) is 5.89 Å². The molecule has 0 aliphatic rings. The van der Waals surface area contributed by atoms with Crippen LogP contribution in [-0.4, -0.2) is 32.6 Å². The van der Waals surface area contributed by atoms with Crippen LogP contribution in [0.4, 0.5) is 0 Å². The smallest absolute Gasteiger partial charge is 0.251 e. The standard InChI is InChI=1S/C22H20N6O2/c1-14-24-13-18(22-28-27-21(30-22)16-7-3-2-4-8-16)20(26-14)17-9-5-6-15(10-17)12-25-19(29)11-23/h2-10,13H,11-12,23H2,1H3,(H,25,29). The molecule has 1 amide bonds. The zero-order chi connectivity index (χ0) is 20.9. The number of benzene rings is 2. The number of hydrogen-bond donors (Lipinski definition) is 2. The molecule has 3 N–H and O–H groups in total. The molecule has 0 radical (unpaired) electrons. The number of nitrogens with zero attached hydrogens (tertiary/aromatic N) is 4. The molecule has 0 bridgehead atoms. The van der Waals surface area contributed by atoms with Crippen molar-refractivity contribution < 1.29 is 9.21 Å². The van der Waals surface area contributed by atoms with E-state index < -0.39 is 0 Å². The van der Waals surface area contributed by atoms with Crippen molar-refractivity contribution in [1.82, 2.24) is 25.5 Å². The van der Waals surface area contributed by atoms with Crippen LogP contribution in [0.25, 0.3) is 34.2 Å². The molecule has 8 nitrogen and oxygen atoms in total. The zero-order valence-electron chi connectivity index (χ0n) is 16.4. The fourth-order valence-electron chi connectivity index (χ4n) is 2.98. The topological polar surface area (TPSA) is 120 Å². The molecule has 4 rings (SSSR count). The number of carbonyl (C=O) groups is 1. The van der Waals surface area contributed by atoms with Crippen molar-refractivity contribution in [2.24, 2.45) is 5.73 Å². The summed E-state index contributed by atoms with van der Waals surface area (Å²) in [7, 11) is 0. The van der Waals surface area contributed by atoms with Crippen molar-refractivity contribution in [2.75, 3.05) is 6.54 Å². The Morgan fingerprint density at radius 3 is 2.60 bits per heavy atom. The van der Waals surface area contributed by atoms with Gasteiger partial charge in [-0.05, 0) is 30.7 Å². The lowest BCUT2D eigenvalue weighted by molar-refractivity contribution is -0.119. The molecule has 0 unspecified atom stereocenters. The molecule has 0 saturated carbocycles. The number of amides is 1. The van der Waals surface area contributed by atoms with Crippen LogP contribution in [0.5, 0.6) is 0 Å². The lowest BCUT2D eigenvalue weighted by Gasteiger charge is -2.09. The fourth-order valence-corrected chi connectivity index (χ4v) is 2.98. The predicted octanol–water partition coefficient (Wildman–Crippen LogP) is 2.74. The van der Waals surface area contributed by atoms with Gasteiger partial charge in [0, 0.05) is 23.9 Å². The van der Waals surface area contributed by atoms with Crippen molar-refractivity contribution >= 4 is 5.91 Å². The van der Waals surface area contributed by atoms with E-state index in [1.807, 2.05) is 61.5 Å². The number of nitrogens with one attached hydrogen (secondary N) is 1. The molecule has 0 aliphatic carbocycles. The van der Waals surface area contributed by atoms with Gasteiger partial charge in [-0.1, -0.05) is 36.4 Å². The second-order valence-electron chi connectivity index (χ2n) is 6.64. The average Bonchev–Trinajstić information content (AvgIpc) is 3.28. The molecule has 0 spiro atoms. The summed E-state index contributed by atoms with van der Waals surface area (Å²) in [6.45, 7) is 2.15. The SMILES string of the molecule is Cc1ncc(-c2nnc(-c3ccccc3)o2)c(-c2cccc(CNC(=O)CN)c2)n1. The first-order chi connectivity index (χ1) is 14.6. The molecule has 150 valence electrons. The number of carbonyl (C=O) groups excluding carboxylic acids is 1. The van der Waals surface area contributed by atoms with Crippen LogP contribution < -0.4 is 11.1 Å². The Balaban J connectivity index is 1.70. The third kappa shape index (κ3) is 4.23. The molecular formula is C22H20N6O2. The lowest BCUT2D eigenvalue weighted by atomic mass is 10.0. The number of rotatable bonds is 6. The Labute approximate surface area is 173 Å². The molecule has 2 aromatic heterocycles. The van der Waals surface area contributed by atoms with E-state index in [0.29, 0.717) is 35.4 Å². The van der Waals surface area contributed by atoms with Gasteiger partial charge in [-0.25, -0.2) is 9.97 Å². The van der Waals surface area contributed by atoms with E-state index in [1.54, 1.807) is 6.20 Å². The minimum Gasteiger partial charge on any atom is -0.416 e. The molecule has 2 aromatic carbocycles. The van der Waals surface area contributed by atoms with Crippen LogP contribution in [0.3, 0.4) is 0 Å². The average molecular weight is 400 g/mol. The molecule has 2 heterocycles. The Morgan fingerprint density at radius 1 is 1.03 bits per heavy atom. The summed E-state index contributed by atoms with van der Waals surface area (Å²) in [5.74, 6) is 1.18. The molecule has 0 aliphatic heterocycles. The van der Waals surface area contributed by atoms with Gasteiger partial charge < -0.3 is 15.5 Å². The van der Waals surface area contributed by atoms with Crippen LogP contribution >= 0.6 is 0 Å². The molecule has 0 fully saturated rings. The Bertz CT molecular complexity index is 1170. The molecule has 30 heavy (non-hydrogen) atoms. The fraction of sp³-hybridized carbons (Fsp3) is 0.136. The molecular weight excluding hydrogens is 380 g/mol. The molecule has 4 aromatic rings. The van der Waals surface area contributed by atoms with E-state index in [2.05, 4.69) is 25.5 Å². The minimum atomic E-state index is -0.210. The second kappa shape index (κ2) is 8.62. The summed E-state index contributed by atoms with van der Waals surface area (Å²) in [6, 6.07) is 17.3. The van der Waals surface area contributed by atoms with Gasteiger partial charge in [0.05, 0.1) is 17.8 Å². The normalized spacial score (nSPS) is 10.7. The van der Waals surface area contributed by atoms with Gasteiger partial charge in [-0.15, -0.1) is 10.2 Å². The van der Waals surface area contributed by atoms with Crippen LogP contribution in [0.15, 0.2) is 65.2 Å². The van der Waals surface area contributed by atoms with Gasteiger partial charge in [-0.2, -0.15) is 0 Å². The summed E-state index contributed by atoms with van der Waals surface area (Å²) in [4.78, 5) is 20.4. The predicted molar refractivity (Wildman–Crippen MR) is 112 cm³/mol. The number of aryl methyl sites for hydroxylation is 1. The molecule has 8 heteroatoms. The van der Waals surface area contributed by atoms with Crippen LogP contribution in [-0.2, 0) is 11.3 Å². The van der Waals surface area contributed by atoms with Gasteiger partial charge in [0.1, 0.15) is 5.82 Å². The van der Waals surface area contributed by atoms with E-state index in [4.69, 9.17) is 10.2 Å². The third-order valence-electron chi connectivity index (χ3n) is 4.46. The highest BCUT2D eigenvalue weighted by atomic mass is 16.4. The van der Waals surface area contributed by atoms with Crippen LogP contribution in [0.1, 0.15) is 11.4 Å². The number of aromatic nitrogens is 4. The second-order valence-corrected chi connectivity index (χ2v) is 6.64. The maximum absolute atomic E-state index is 11.5. The Hall–Kier alpha value is -3.91. The monoisotopic (exact) mass is 400 g/mol. The highest BCUT2D eigenvalue weighted by molar-refractivity contribution is 5.78. The Morgan fingerprint density at radius 2 is 1.80 bits per heavy atom. The zero-order valence-corrected chi connectivity index (χ0v) is 16.4. The summed E-state index contributed by atoms with van der Waals surface area (Å²) in [5, 5.41) is 11.1. The highest BCUT2D eigenvalue weighted by Gasteiger charge is 2.17. The first kappa shape index (κ1) is 19.4. The van der Waals surface area contributed by atoms with E-state index in [0.717, 1.165) is 16.7 Å². The van der Waals surface area contributed by atoms with E-state index >= 15 is 0 Å². The van der Waals surface area contributed by atoms with Crippen LogP contribution in [0.2, 0.25) is 0 Å². The van der Waals surface area contributed by atoms with Crippen LogP contribution in [0, 0.1) is 6.92 Å². The van der Waals surface area contributed by atoms with Crippen molar-refractivity contribution in [3.8, 4) is 34.2 Å². The quantitative estimate of drug-likeness (QED) is 0.510. The Kier molecular flexibility index (Phi) is 5.58. The maximum atomic E-state index is 11.5. The van der Waals surface area contributed by atoms with Crippen molar-refractivity contribution in [2.45, 2.75) is 13.5 Å². The van der Waals surface area contributed by atoms with E-state index in [1.165, 1.54) is 0 Å². The molecule has 0 atom stereocenters. The van der Waals surface area contributed by atoms with Gasteiger partial charge in [0.15, 0.2) is 0 Å². The first-order valence-corrected chi connectivity index (χ1v) is 9.43. The van der Waals surface area contributed by atoms with Gasteiger partial charge >= 0.3 is 0 Å². The van der Waals surface area contributed by atoms with Crippen molar-refractivity contribution in [1.29, 1.82) is 0 Å². The van der Waals surface area contributed by atoms with Gasteiger partial charge in [-0.3, -0.25) is 4.79 Å². The summed E-state index contributed by atoms with van der Waals surface area (Å²) >= 11 is 0. The van der Waals surface area contributed by atoms with Crippen molar-refractivity contribution in [3.63, 3.8) is 0 Å². The summed E-state index contributed by atoms with van der Waals surface area (Å²) < 4.78 is 5.91.